The van der Waals surface area contributed by atoms with Crippen LogP contribution in [-0.2, 0) is 4.74 Å². The van der Waals surface area contributed by atoms with Crippen LogP contribution in [0.1, 0.15) is 43.2 Å². The van der Waals surface area contributed by atoms with E-state index in [9.17, 15) is 4.79 Å². The fourth-order valence-electron chi connectivity index (χ4n) is 2.70. The highest BCUT2D eigenvalue weighted by molar-refractivity contribution is 5.97. The molecule has 0 fully saturated rings. The van der Waals surface area contributed by atoms with Gasteiger partial charge in [-0.05, 0) is 51.5 Å². The average molecular weight is 367 g/mol. The lowest BCUT2D eigenvalue weighted by Gasteiger charge is -2.15. The van der Waals surface area contributed by atoms with Crippen LogP contribution in [0.15, 0.2) is 42.5 Å². The number of fused-ring (bicyclic) bond motifs is 1. The van der Waals surface area contributed by atoms with Crippen molar-refractivity contribution in [1.82, 2.24) is 4.98 Å². The Morgan fingerprint density at radius 2 is 1.81 bits per heavy atom. The van der Waals surface area contributed by atoms with Crippen LogP contribution in [0, 0.1) is 6.92 Å². The number of aromatic amines is 1. The quantitative estimate of drug-likeness (QED) is 0.550. The third kappa shape index (κ3) is 4.42. The fourth-order valence-corrected chi connectivity index (χ4v) is 2.70. The number of nitrogens with one attached hydrogen (secondary N) is 1. The zero-order valence-electron chi connectivity index (χ0n) is 16.2. The van der Waals surface area contributed by atoms with Crippen molar-refractivity contribution in [3.63, 3.8) is 0 Å². The zero-order valence-corrected chi connectivity index (χ0v) is 16.2. The molecule has 3 aromatic rings. The summed E-state index contributed by atoms with van der Waals surface area (Å²) in [5.41, 5.74) is 2.33. The van der Waals surface area contributed by atoms with Crippen LogP contribution in [0.3, 0.4) is 0 Å². The fraction of sp³-hybridized carbons (Fsp3) is 0.318. The summed E-state index contributed by atoms with van der Waals surface area (Å²) in [5, 5.41) is 0.834. The van der Waals surface area contributed by atoms with Gasteiger partial charge in [0.05, 0.1) is 18.2 Å². The van der Waals surface area contributed by atoms with E-state index in [1.54, 1.807) is 13.0 Å². The molecule has 142 valence electrons. The van der Waals surface area contributed by atoms with Gasteiger partial charge in [0.1, 0.15) is 22.9 Å². The number of H-pyrrole nitrogens is 1. The van der Waals surface area contributed by atoms with Gasteiger partial charge in [0.15, 0.2) is 0 Å². The smallest absolute Gasteiger partial charge is 0.354 e. The number of aryl methyl sites for hydroxylation is 1. The molecule has 0 spiro atoms. The van der Waals surface area contributed by atoms with Crippen molar-refractivity contribution in [2.75, 3.05) is 6.61 Å². The summed E-state index contributed by atoms with van der Waals surface area (Å²) in [7, 11) is 0. The van der Waals surface area contributed by atoms with Crippen LogP contribution in [-0.4, -0.2) is 23.7 Å². The molecule has 0 radical (unpaired) electrons. The van der Waals surface area contributed by atoms with Crippen LogP contribution in [0.2, 0.25) is 0 Å². The number of hydrogen-bond acceptors (Lipinski definition) is 4. The summed E-state index contributed by atoms with van der Waals surface area (Å²) in [5.74, 6) is 1.67. The second kappa shape index (κ2) is 8.16. The van der Waals surface area contributed by atoms with Gasteiger partial charge >= 0.3 is 5.97 Å². The summed E-state index contributed by atoms with van der Waals surface area (Å²) in [6, 6.07) is 13.3. The van der Waals surface area contributed by atoms with Crippen molar-refractivity contribution in [1.29, 1.82) is 0 Å². The minimum absolute atomic E-state index is 0.0390. The summed E-state index contributed by atoms with van der Waals surface area (Å²) >= 11 is 0. The molecule has 0 saturated carbocycles. The second-order valence-electron chi connectivity index (χ2n) is 6.54. The number of ether oxygens (including phenoxy) is 3. The van der Waals surface area contributed by atoms with Crippen molar-refractivity contribution in [3.05, 3.63) is 53.7 Å². The minimum atomic E-state index is -0.385. The number of rotatable bonds is 7. The Labute approximate surface area is 159 Å². The summed E-state index contributed by atoms with van der Waals surface area (Å²) in [6.45, 7) is 8.21. The summed E-state index contributed by atoms with van der Waals surface area (Å²) in [4.78, 5) is 15.2. The Morgan fingerprint density at radius 1 is 1.07 bits per heavy atom. The molecule has 2 aromatic carbocycles. The SMILES string of the molecule is CCOC(=O)c1cc2cc(Oc3ccc(C)cc3)cc(OC(C)CC)c2[nH]1. The van der Waals surface area contributed by atoms with Crippen molar-refractivity contribution in [3.8, 4) is 17.2 Å². The highest BCUT2D eigenvalue weighted by Gasteiger charge is 2.16. The maximum absolute atomic E-state index is 12.1. The largest absolute Gasteiger partial charge is 0.488 e. The maximum atomic E-state index is 12.1. The lowest BCUT2D eigenvalue weighted by Crippen LogP contribution is -2.10. The molecule has 0 amide bonds. The molecule has 1 aromatic heterocycles. The lowest BCUT2D eigenvalue weighted by atomic mass is 10.2. The Bertz CT molecular complexity index is 927. The Balaban J connectivity index is 2.00. The van der Waals surface area contributed by atoms with Crippen LogP contribution in [0.4, 0.5) is 0 Å². The monoisotopic (exact) mass is 367 g/mol. The van der Waals surface area contributed by atoms with E-state index in [2.05, 4.69) is 11.9 Å². The number of benzene rings is 2. The molecule has 1 heterocycles. The van der Waals surface area contributed by atoms with Crippen LogP contribution >= 0.6 is 0 Å². The van der Waals surface area contributed by atoms with Crippen LogP contribution < -0.4 is 9.47 Å². The predicted molar refractivity (Wildman–Crippen MR) is 106 cm³/mol. The molecule has 0 aliphatic carbocycles. The van der Waals surface area contributed by atoms with Crippen LogP contribution in [0.25, 0.3) is 10.9 Å². The molecule has 5 nitrogen and oxygen atoms in total. The van der Waals surface area contributed by atoms with E-state index < -0.39 is 0 Å². The molecule has 1 N–H and O–H groups in total. The normalized spacial score (nSPS) is 12.0. The molecule has 1 atom stereocenters. The van der Waals surface area contributed by atoms with Gasteiger partial charge in [0.2, 0.25) is 0 Å². The number of hydrogen-bond donors (Lipinski definition) is 1. The Kier molecular flexibility index (Phi) is 5.69. The first-order valence-corrected chi connectivity index (χ1v) is 9.25. The molecule has 0 aliphatic heterocycles. The first-order chi connectivity index (χ1) is 13.0. The number of carbonyl (C=O) groups is 1. The first-order valence-electron chi connectivity index (χ1n) is 9.25. The van der Waals surface area contributed by atoms with E-state index >= 15 is 0 Å². The molecule has 5 heteroatoms. The predicted octanol–water partition coefficient (Wildman–Crippen LogP) is 5.62. The molecule has 0 aliphatic rings. The molecule has 1 unspecified atom stereocenters. The van der Waals surface area contributed by atoms with E-state index in [1.165, 1.54) is 5.56 Å². The number of aromatic nitrogens is 1. The zero-order chi connectivity index (χ0) is 19.4. The summed E-state index contributed by atoms with van der Waals surface area (Å²) < 4.78 is 17.2. The van der Waals surface area contributed by atoms with Crippen molar-refractivity contribution < 1.29 is 19.0 Å². The van der Waals surface area contributed by atoms with E-state index in [0.717, 1.165) is 23.1 Å². The lowest BCUT2D eigenvalue weighted by molar-refractivity contribution is 0.0520. The van der Waals surface area contributed by atoms with Gasteiger partial charge in [-0.15, -0.1) is 0 Å². The molecule has 0 bridgehead atoms. The van der Waals surface area contributed by atoms with Crippen LogP contribution in [0.5, 0.6) is 17.2 Å². The topological polar surface area (TPSA) is 60.6 Å². The van der Waals surface area contributed by atoms with E-state index in [0.29, 0.717) is 23.8 Å². The van der Waals surface area contributed by atoms with E-state index in [-0.39, 0.29) is 12.1 Å². The molecule has 0 saturated heterocycles. The highest BCUT2D eigenvalue weighted by atomic mass is 16.5. The average Bonchev–Trinajstić information content (AvgIpc) is 3.08. The van der Waals surface area contributed by atoms with Gasteiger partial charge in [-0.3, -0.25) is 0 Å². The first kappa shape index (κ1) is 18.8. The summed E-state index contributed by atoms with van der Waals surface area (Å²) in [6.07, 6.45) is 0.910. The molecule has 3 rings (SSSR count). The number of carbonyl (C=O) groups excluding carboxylic acids is 1. The third-order valence-electron chi connectivity index (χ3n) is 4.32. The van der Waals surface area contributed by atoms with Crippen molar-refractivity contribution in [2.45, 2.75) is 40.2 Å². The Hall–Kier alpha value is -2.95. The highest BCUT2D eigenvalue weighted by Crippen LogP contribution is 2.34. The Morgan fingerprint density at radius 3 is 2.48 bits per heavy atom. The van der Waals surface area contributed by atoms with Gasteiger partial charge in [-0.2, -0.15) is 0 Å². The third-order valence-corrected chi connectivity index (χ3v) is 4.32. The van der Waals surface area contributed by atoms with Gasteiger partial charge in [-0.1, -0.05) is 24.6 Å². The minimum Gasteiger partial charge on any atom is -0.488 e. The maximum Gasteiger partial charge on any atom is 0.354 e. The molecule has 27 heavy (non-hydrogen) atoms. The van der Waals surface area contributed by atoms with Gasteiger partial charge < -0.3 is 19.2 Å². The van der Waals surface area contributed by atoms with Gasteiger partial charge in [0, 0.05) is 11.5 Å². The molecular formula is C22H25NO4. The standard InChI is InChI=1S/C22H25NO4/c1-5-15(4)26-20-13-18(27-17-9-7-14(3)8-10-17)11-16-12-19(23-21(16)20)22(24)25-6-2/h7-13,15,23H,5-6H2,1-4H3. The second-order valence-corrected chi connectivity index (χ2v) is 6.54. The van der Waals surface area contributed by atoms with E-state index in [1.807, 2.05) is 50.2 Å². The van der Waals surface area contributed by atoms with Crippen molar-refractivity contribution in [2.24, 2.45) is 0 Å². The van der Waals surface area contributed by atoms with Crippen molar-refractivity contribution >= 4 is 16.9 Å². The van der Waals surface area contributed by atoms with E-state index in [4.69, 9.17) is 14.2 Å². The molecular weight excluding hydrogens is 342 g/mol. The number of esters is 1. The van der Waals surface area contributed by atoms with Gasteiger partial charge in [-0.25, -0.2) is 4.79 Å². The van der Waals surface area contributed by atoms with Gasteiger partial charge in [0.25, 0.3) is 0 Å².